The van der Waals surface area contributed by atoms with Gasteiger partial charge in [-0.25, -0.2) is 8.42 Å². The molecule has 0 spiro atoms. The zero-order chi connectivity index (χ0) is 14.9. The number of nitrogens with one attached hydrogen (secondary N) is 1. The van der Waals surface area contributed by atoms with Gasteiger partial charge in [0.2, 0.25) is 10.0 Å². The molecule has 1 aromatic rings. The van der Waals surface area contributed by atoms with Crippen molar-refractivity contribution in [1.82, 2.24) is 9.62 Å². The largest absolute Gasteiger partial charge is 0.310 e. The maximum absolute atomic E-state index is 12.6. The molecule has 116 valence electrons. The highest BCUT2D eigenvalue weighted by Gasteiger charge is 2.28. The first-order valence-corrected chi connectivity index (χ1v) is 9.32. The lowest BCUT2D eigenvalue weighted by atomic mass is 10.0. The standard InChI is InChI=1S/C16H24N2O2S/c1-13-8-10-18(11-9-13)21(19,20)16-6-2-14(3-7-16)12-17-15-4-5-15/h2-3,6-7,13,15,17H,4-5,8-12H2,1H3. The van der Waals surface area contributed by atoms with Gasteiger partial charge in [0.15, 0.2) is 0 Å². The summed E-state index contributed by atoms with van der Waals surface area (Å²) in [6.07, 6.45) is 4.45. The predicted molar refractivity (Wildman–Crippen MR) is 83.5 cm³/mol. The van der Waals surface area contributed by atoms with Crippen LogP contribution in [0.25, 0.3) is 0 Å². The Labute approximate surface area is 127 Å². The van der Waals surface area contributed by atoms with Gasteiger partial charge in [-0.1, -0.05) is 19.1 Å². The normalized spacial score (nSPS) is 21.6. The summed E-state index contributed by atoms with van der Waals surface area (Å²) in [4.78, 5) is 0.423. The van der Waals surface area contributed by atoms with Gasteiger partial charge in [-0.15, -0.1) is 0 Å². The molecular formula is C16H24N2O2S. The quantitative estimate of drug-likeness (QED) is 0.908. The van der Waals surface area contributed by atoms with Crippen LogP contribution in [0.3, 0.4) is 0 Å². The van der Waals surface area contributed by atoms with Crippen molar-refractivity contribution in [2.45, 2.75) is 50.1 Å². The second-order valence-electron chi connectivity index (χ2n) is 6.39. The van der Waals surface area contributed by atoms with Crippen LogP contribution in [-0.2, 0) is 16.6 Å². The number of hydrogen-bond acceptors (Lipinski definition) is 3. The Morgan fingerprint density at radius 3 is 2.29 bits per heavy atom. The fourth-order valence-corrected chi connectivity index (χ4v) is 4.17. The summed E-state index contributed by atoms with van der Waals surface area (Å²) >= 11 is 0. The van der Waals surface area contributed by atoms with Gasteiger partial charge < -0.3 is 5.32 Å². The predicted octanol–water partition coefficient (Wildman–Crippen LogP) is 2.36. The van der Waals surface area contributed by atoms with Gasteiger partial charge in [0, 0.05) is 25.7 Å². The molecule has 5 heteroatoms. The van der Waals surface area contributed by atoms with E-state index in [9.17, 15) is 8.42 Å². The molecule has 4 nitrogen and oxygen atoms in total. The topological polar surface area (TPSA) is 49.4 Å². The Morgan fingerprint density at radius 2 is 1.71 bits per heavy atom. The molecule has 1 saturated carbocycles. The van der Waals surface area contributed by atoms with Crippen LogP contribution >= 0.6 is 0 Å². The lowest BCUT2D eigenvalue weighted by Crippen LogP contribution is -2.37. The van der Waals surface area contributed by atoms with Crippen molar-refractivity contribution in [2.75, 3.05) is 13.1 Å². The van der Waals surface area contributed by atoms with E-state index in [1.807, 2.05) is 12.1 Å². The maximum Gasteiger partial charge on any atom is 0.243 e. The molecule has 3 rings (SSSR count). The van der Waals surface area contributed by atoms with E-state index >= 15 is 0 Å². The van der Waals surface area contributed by atoms with E-state index in [-0.39, 0.29) is 0 Å². The third-order valence-electron chi connectivity index (χ3n) is 4.48. The van der Waals surface area contributed by atoms with E-state index in [2.05, 4.69) is 12.2 Å². The number of benzene rings is 1. The molecule has 1 aliphatic carbocycles. The van der Waals surface area contributed by atoms with Gasteiger partial charge in [0.25, 0.3) is 0 Å². The third-order valence-corrected chi connectivity index (χ3v) is 6.39. The van der Waals surface area contributed by atoms with E-state index in [1.165, 1.54) is 12.8 Å². The van der Waals surface area contributed by atoms with Crippen LogP contribution in [0.4, 0.5) is 0 Å². The van der Waals surface area contributed by atoms with E-state index in [0.29, 0.717) is 29.9 Å². The highest BCUT2D eigenvalue weighted by atomic mass is 32.2. The van der Waals surface area contributed by atoms with E-state index in [0.717, 1.165) is 24.9 Å². The molecule has 0 aromatic heterocycles. The van der Waals surface area contributed by atoms with E-state index < -0.39 is 10.0 Å². The van der Waals surface area contributed by atoms with Crippen molar-refractivity contribution >= 4 is 10.0 Å². The lowest BCUT2D eigenvalue weighted by Gasteiger charge is -2.29. The van der Waals surface area contributed by atoms with Crippen LogP contribution in [0.1, 0.15) is 38.2 Å². The Hall–Kier alpha value is -0.910. The molecule has 2 fully saturated rings. The molecule has 1 heterocycles. The molecule has 0 amide bonds. The summed E-state index contributed by atoms with van der Waals surface area (Å²) in [6, 6.07) is 8.02. The first-order valence-electron chi connectivity index (χ1n) is 7.88. The fraction of sp³-hybridized carbons (Fsp3) is 0.625. The van der Waals surface area contributed by atoms with Crippen molar-refractivity contribution in [1.29, 1.82) is 0 Å². The van der Waals surface area contributed by atoms with Crippen molar-refractivity contribution in [3.05, 3.63) is 29.8 Å². The van der Waals surface area contributed by atoms with E-state index in [4.69, 9.17) is 0 Å². The smallest absolute Gasteiger partial charge is 0.243 e. The monoisotopic (exact) mass is 308 g/mol. The minimum atomic E-state index is -3.31. The summed E-state index contributed by atoms with van der Waals surface area (Å²) in [5.74, 6) is 0.632. The summed E-state index contributed by atoms with van der Waals surface area (Å²) in [5.41, 5.74) is 1.15. The van der Waals surface area contributed by atoms with Gasteiger partial charge >= 0.3 is 0 Å². The molecule has 0 radical (unpaired) electrons. The Balaban J connectivity index is 1.66. The van der Waals surface area contributed by atoms with Gasteiger partial charge in [-0.05, 0) is 49.3 Å². The van der Waals surface area contributed by atoms with Crippen LogP contribution in [-0.4, -0.2) is 31.9 Å². The third kappa shape index (κ3) is 3.65. The van der Waals surface area contributed by atoms with E-state index in [1.54, 1.807) is 16.4 Å². The summed E-state index contributed by atoms with van der Waals surface area (Å²) in [6.45, 7) is 4.31. The van der Waals surface area contributed by atoms with Crippen molar-refractivity contribution in [3.8, 4) is 0 Å². The van der Waals surface area contributed by atoms with Crippen LogP contribution in [0, 0.1) is 5.92 Å². The van der Waals surface area contributed by atoms with Gasteiger partial charge in [-0.3, -0.25) is 0 Å². The van der Waals surface area contributed by atoms with Crippen LogP contribution in [0.15, 0.2) is 29.2 Å². The number of piperidine rings is 1. The fourth-order valence-electron chi connectivity index (χ4n) is 2.70. The average molecular weight is 308 g/mol. The molecule has 0 unspecified atom stereocenters. The molecule has 1 aliphatic heterocycles. The molecular weight excluding hydrogens is 284 g/mol. The van der Waals surface area contributed by atoms with Gasteiger partial charge in [0.1, 0.15) is 0 Å². The Bertz CT molecular complexity index is 571. The van der Waals surface area contributed by atoms with Gasteiger partial charge in [-0.2, -0.15) is 4.31 Å². The first kappa shape index (κ1) is 15.0. The maximum atomic E-state index is 12.6. The number of rotatable bonds is 5. The Morgan fingerprint density at radius 1 is 1.10 bits per heavy atom. The zero-order valence-electron chi connectivity index (χ0n) is 12.6. The zero-order valence-corrected chi connectivity index (χ0v) is 13.4. The minimum absolute atomic E-state index is 0.423. The molecule has 1 N–H and O–H groups in total. The van der Waals surface area contributed by atoms with Crippen LogP contribution < -0.4 is 5.32 Å². The highest BCUT2D eigenvalue weighted by molar-refractivity contribution is 7.89. The first-order chi connectivity index (χ1) is 10.1. The van der Waals surface area contributed by atoms with Crippen LogP contribution in [0.2, 0.25) is 0 Å². The molecule has 0 bridgehead atoms. The number of nitrogens with zero attached hydrogens (tertiary/aromatic N) is 1. The summed E-state index contributed by atoms with van der Waals surface area (Å²) < 4.78 is 26.8. The second kappa shape index (κ2) is 6.07. The highest BCUT2D eigenvalue weighted by Crippen LogP contribution is 2.24. The number of hydrogen-bond donors (Lipinski definition) is 1. The number of sulfonamides is 1. The lowest BCUT2D eigenvalue weighted by molar-refractivity contribution is 0.288. The molecule has 0 atom stereocenters. The summed E-state index contributed by atoms with van der Waals surface area (Å²) in [5, 5.41) is 3.44. The minimum Gasteiger partial charge on any atom is -0.310 e. The van der Waals surface area contributed by atoms with Gasteiger partial charge in [0.05, 0.1) is 4.90 Å². The Kier molecular flexibility index (Phi) is 4.33. The molecule has 1 saturated heterocycles. The SMILES string of the molecule is CC1CCN(S(=O)(=O)c2ccc(CNC3CC3)cc2)CC1. The van der Waals surface area contributed by atoms with Crippen molar-refractivity contribution in [2.24, 2.45) is 5.92 Å². The summed E-state index contributed by atoms with van der Waals surface area (Å²) in [7, 11) is -3.31. The average Bonchev–Trinajstić information content (AvgIpc) is 3.30. The second-order valence-corrected chi connectivity index (χ2v) is 8.32. The molecule has 2 aliphatic rings. The van der Waals surface area contributed by atoms with Crippen LogP contribution in [0.5, 0.6) is 0 Å². The molecule has 21 heavy (non-hydrogen) atoms. The molecule has 1 aromatic carbocycles. The van der Waals surface area contributed by atoms with Crippen molar-refractivity contribution < 1.29 is 8.42 Å². The van der Waals surface area contributed by atoms with Crippen molar-refractivity contribution in [3.63, 3.8) is 0 Å².